The van der Waals surface area contributed by atoms with E-state index in [9.17, 15) is 13.2 Å². The summed E-state index contributed by atoms with van der Waals surface area (Å²) in [6.07, 6.45) is -5.57. The smallest absolute Gasteiger partial charge is 0.372 e. The lowest BCUT2D eigenvalue weighted by Crippen LogP contribution is -2.39. The Morgan fingerprint density at radius 1 is 1.19 bits per heavy atom. The number of nitrogens with one attached hydrogen (secondary N) is 1. The lowest BCUT2D eigenvalue weighted by molar-refractivity contribution is -0.149. The fraction of sp³-hybridized carbons (Fsp3) is 0.600. The van der Waals surface area contributed by atoms with Crippen molar-refractivity contribution in [2.45, 2.75) is 45.0 Å². The molecule has 0 heterocycles. The van der Waals surface area contributed by atoms with Crippen LogP contribution in [0.1, 0.15) is 38.9 Å². The Morgan fingerprint density at radius 2 is 1.81 bits per heavy atom. The van der Waals surface area contributed by atoms with Crippen LogP contribution in [0.3, 0.4) is 0 Å². The lowest BCUT2D eigenvalue weighted by atomic mass is 10.1. The van der Waals surface area contributed by atoms with Crippen molar-refractivity contribution in [3.05, 3.63) is 34.3 Å². The van der Waals surface area contributed by atoms with Crippen LogP contribution in [0.4, 0.5) is 13.2 Å². The summed E-state index contributed by atoms with van der Waals surface area (Å²) in [6, 6.07) is 7.41. The first-order valence-electron chi connectivity index (χ1n) is 6.76. The van der Waals surface area contributed by atoms with Crippen LogP contribution >= 0.6 is 15.9 Å². The van der Waals surface area contributed by atoms with Crippen LogP contribution in [0.2, 0.25) is 0 Å². The molecule has 1 N–H and O–H groups in total. The van der Waals surface area contributed by atoms with Crippen LogP contribution in [0.5, 0.6) is 0 Å². The molecule has 0 saturated heterocycles. The second kappa shape index (κ2) is 7.61. The van der Waals surface area contributed by atoms with Crippen molar-refractivity contribution < 1.29 is 17.9 Å². The van der Waals surface area contributed by atoms with Crippen molar-refractivity contribution >= 4 is 15.9 Å². The van der Waals surface area contributed by atoms with E-state index in [2.05, 4.69) is 21.2 Å². The van der Waals surface area contributed by atoms with Crippen molar-refractivity contribution in [3.63, 3.8) is 0 Å². The second-order valence-electron chi connectivity index (χ2n) is 5.88. The molecule has 0 aromatic heterocycles. The van der Waals surface area contributed by atoms with Gasteiger partial charge < -0.3 is 10.1 Å². The zero-order valence-corrected chi connectivity index (χ0v) is 14.0. The summed E-state index contributed by atoms with van der Waals surface area (Å²) in [5, 5.41) is 3.27. The zero-order valence-electron chi connectivity index (χ0n) is 12.4. The molecule has 0 aliphatic heterocycles. The Labute approximate surface area is 132 Å². The van der Waals surface area contributed by atoms with Crippen LogP contribution in [0.25, 0.3) is 0 Å². The van der Waals surface area contributed by atoms with Crippen molar-refractivity contribution in [2.75, 3.05) is 13.2 Å². The summed E-state index contributed by atoms with van der Waals surface area (Å²) in [4.78, 5) is 0. The Morgan fingerprint density at radius 3 is 2.33 bits per heavy atom. The van der Waals surface area contributed by atoms with E-state index < -0.39 is 18.7 Å². The highest BCUT2D eigenvalue weighted by molar-refractivity contribution is 9.10. The number of ether oxygens (including phenoxy) is 1. The molecule has 0 saturated carbocycles. The molecule has 1 aromatic rings. The van der Waals surface area contributed by atoms with Crippen molar-refractivity contribution in [3.8, 4) is 0 Å². The zero-order chi connectivity index (χ0) is 16.1. The van der Waals surface area contributed by atoms with Crippen LogP contribution in [0, 0.1) is 0 Å². The van der Waals surface area contributed by atoms with Gasteiger partial charge in [-0.1, -0.05) is 34.1 Å². The molecule has 0 spiro atoms. The van der Waals surface area contributed by atoms with Crippen molar-refractivity contribution in [1.29, 1.82) is 0 Å². The van der Waals surface area contributed by atoms with Gasteiger partial charge in [-0.15, -0.1) is 0 Å². The number of hydrogen-bond donors (Lipinski definition) is 1. The summed E-state index contributed by atoms with van der Waals surface area (Å²) in [6.45, 7) is 6.10. The minimum absolute atomic E-state index is 0.132. The maximum Gasteiger partial charge on any atom is 0.391 e. The second-order valence-corrected chi connectivity index (χ2v) is 6.73. The van der Waals surface area contributed by atoms with Gasteiger partial charge in [-0.25, -0.2) is 0 Å². The Kier molecular flexibility index (Phi) is 6.69. The Bertz CT molecular complexity index is 443. The molecule has 1 unspecified atom stereocenters. The number of hydrogen-bond acceptors (Lipinski definition) is 2. The topological polar surface area (TPSA) is 21.3 Å². The average Bonchev–Trinajstić information content (AvgIpc) is 2.32. The molecule has 6 heteroatoms. The highest BCUT2D eigenvalue weighted by atomic mass is 79.9. The van der Waals surface area contributed by atoms with Crippen molar-refractivity contribution in [2.24, 2.45) is 0 Å². The molecule has 21 heavy (non-hydrogen) atoms. The molecular weight excluding hydrogens is 347 g/mol. The van der Waals surface area contributed by atoms with Gasteiger partial charge in [0.1, 0.15) is 0 Å². The van der Waals surface area contributed by atoms with E-state index >= 15 is 0 Å². The molecule has 0 aliphatic rings. The third-order valence-corrected chi connectivity index (χ3v) is 3.50. The molecule has 120 valence electrons. The van der Waals surface area contributed by atoms with E-state index in [0.717, 1.165) is 10.0 Å². The Balaban J connectivity index is 2.73. The highest BCUT2D eigenvalue weighted by Gasteiger charge is 2.28. The van der Waals surface area contributed by atoms with E-state index in [1.807, 2.05) is 45.0 Å². The molecule has 0 aliphatic carbocycles. The molecule has 1 rings (SSSR count). The van der Waals surface area contributed by atoms with Crippen LogP contribution in [0.15, 0.2) is 28.7 Å². The SMILES string of the molecule is CC(C)(C)NCC(OCCC(F)(F)F)c1ccccc1Br. The molecule has 0 fully saturated rings. The third-order valence-electron chi connectivity index (χ3n) is 2.77. The quantitative estimate of drug-likeness (QED) is 0.775. The molecule has 0 bridgehead atoms. The molecule has 1 aromatic carbocycles. The standard InChI is InChI=1S/C15H21BrF3NO/c1-14(2,3)20-10-13(21-9-8-15(17,18)19)11-6-4-5-7-12(11)16/h4-7,13,20H,8-10H2,1-3H3. The van der Waals surface area contributed by atoms with Gasteiger partial charge in [0.2, 0.25) is 0 Å². The number of halogens is 4. The van der Waals surface area contributed by atoms with Gasteiger partial charge >= 0.3 is 6.18 Å². The normalized spacial score (nSPS) is 14.2. The van der Waals surface area contributed by atoms with Gasteiger partial charge in [-0.2, -0.15) is 13.2 Å². The van der Waals surface area contributed by atoms with Crippen LogP contribution < -0.4 is 5.32 Å². The molecule has 0 radical (unpaired) electrons. The van der Waals surface area contributed by atoms with Gasteiger partial charge in [-0.05, 0) is 32.4 Å². The van der Waals surface area contributed by atoms with Gasteiger partial charge in [-0.3, -0.25) is 0 Å². The molecule has 1 atom stereocenters. The molecule has 2 nitrogen and oxygen atoms in total. The predicted molar refractivity (Wildman–Crippen MR) is 81.3 cm³/mol. The average molecular weight is 368 g/mol. The van der Waals surface area contributed by atoms with Gasteiger partial charge in [0.05, 0.1) is 19.1 Å². The minimum atomic E-state index is -4.20. The summed E-state index contributed by atoms with van der Waals surface area (Å²) < 4.78 is 43.1. The number of rotatable bonds is 6. The predicted octanol–water partition coefficient (Wildman–Crippen LogP) is 4.85. The lowest BCUT2D eigenvalue weighted by Gasteiger charge is -2.26. The first kappa shape index (κ1) is 18.5. The monoisotopic (exact) mass is 367 g/mol. The van der Waals surface area contributed by atoms with Crippen molar-refractivity contribution in [1.82, 2.24) is 5.32 Å². The first-order chi connectivity index (χ1) is 9.58. The van der Waals surface area contributed by atoms with E-state index in [0.29, 0.717) is 6.54 Å². The maximum atomic E-state index is 12.3. The highest BCUT2D eigenvalue weighted by Crippen LogP contribution is 2.27. The fourth-order valence-electron chi connectivity index (χ4n) is 1.71. The van der Waals surface area contributed by atoms with E-state index in [1.54, 1.807) is 0 Å². The van der Waals surface area contributed by atoms with Crippen LogP contribution in [-0.2, 0) is 4.74 Å². The van der Waals surface area contributed by atoms with E-state index in [4.69, 9.17) is 4.74 Å². The van der Waals surface area contributed by atoms with E-state index in [1.165, 1.54) is 0 Å². The third kappa shape index (κ3) is 7.83. The summed E-state index contributed by atoms with van der Waals surface area (Å²) in [5.74, 6) is 0. The summed E-state index contributed by atoms with van der Waals surface area (Å²) >= 11 is 3.42. The van der Waals surface area contributed by atoms with Crippen LogP contribution in [-0.4, -0.2) is 24.9 Å². The number of benzene rings is 1. The summed E-state index contributed by atoms with van der Waals surface area (Å²) in [5.41, 5.74) is 0.712. The van der Waals surface area contributed by atoms with E-state index in [-0.39, 0.29) is 12.1 Å². The minimum Gasteiger partial charge on any atom is -0.372 e. The van der Waals surface area contributed by atoms with Gasteiger partial charge in [0, 0.05) is 16.6 Å². The summed E-state index contributed by atoms with van der Waals surface area (Å²) in [7, 11) is 0. The molecule has 0 amide bonds. The maximum absolute atomic E-state index is 12.3. The largest absolute Gasteiger partial charge is 0.391 e. The Hall–Kier alpha value is -0.590. The number of alkyl halides is 3. The van der Waals surface area contributed by atoms with Gasteiger partial charge in [0.25, 0.3) is 0 Å². The first-order valence-corrected chi connectivity index (χ1v) is 7.55. The van der Waals surface area contributed by atoms with Gasteiger partial charge in [0.15, 0.2) is 0 Å². The fourth-order valence-corrected chi connectivity index (χ4v) is 2.25. The molecular formula is C15H21BrF3NO.